The van der Waals surface area contributed by atoms with Crippen LogP contribution in [0.15, 0.2) is 0 Å². The van der Waals surface area contributed by atoms with Gasteiger partial charge in [0.15, 0.2) is 6.10 Å². The lowest BCUT2D eigenvalue weighted by Crippen LogP contribution is -2.40. The number of nitrogens with one attached hydrogen (secondary N) is 1. The number of carboxylic acid groups (broad SMARTS) is 1. The number of carboxylic acids is 1. The molecule has 1 saturated heterocycles. The second-order valence-corrected chi connectivity index (χ2v) is 5.40. The van der Waals surface area contributed by atoms with Gasteiger partial charge >= 0.3 is 5.97 Å². The van der Waals surface area contributed by atoms with Gasteiger partial charge in [-0.1, -0.05) is 0 Å². The molecule has 0 aromatic rings. The first-order valence-electron chi connectivity index (χ1n) is 5.09. The van der Waals surface area contributed by atoms with Gasteiger partial charge in [0.2, 0.25) is 0 Å². The maximum Gasteiger partial charge on any atom is 0.332 e. The van der Waals surface area contributed by atoms with Crippen molar-refractivity contribution in [1.82, 2.24) is 9.03 Å². The number of hydrogen-bond acceptors (Lipinski definition) is 4. The molecule has 1 aliphatic heterocycles. The minimum atomic E-state index is -3.50. The fourth-order valence-electron chi connectivity index (χ4n) is 1.47. The van der Waals surface area contributed by atoms with Crippen molar-refractivity contribution < 1.29 is 23.4 Å². The predicted octanol–water partition coefficient (Wildman–Crippen LogP) is -1.25. The molecule has 0 spiro atoms. The molecule has 8 heteroatoms. The number of hydrogen-bond donors (Lipinski definition) is 3. The Morgan fingerprint density at radius 3 is 2.44 bits per heavy atom. The predicted molar refractivity (Wildman–Crippen MR) is 56.0 cm³/mol. The third-order valence-electron chi connectivity index (χ3n) is 2.39. The van der Waals surface area contributed by atoms with E-state index in [0.29, 0.717) is 13.1 Å². The van der Waals surface area contributed by atoms with Gasteiger partial charge < -0.3 is 10.2 Å². The van der Waals surface area contributed by atoms with Gasteiger partial charge in [0, 0.05) is 19.6 Å². The van der Waals surface area contributed by atoms with E-state index in [1.54, 1.807) is 0 Å². The van der Waals surface area contributed by atoms with Gasteiger partial charge in [-0.05, 0) is 19.3 Å². The highest BCUT2D eigenvalue weighted by Gasteiger charge is 2.25. The van der Waals surface area contributed by atoms with Gasteiger partial charge in [-0.25, -0.2) is 9.52 Å². The number of rotatable bonds is 6. The lowest BCUT2D eigenvalue weighted by atomic mass is 10.3. The summed E-state index contributed by atoms with van der Waals surface area (Å²) < 4.78 is 26.7. The highest BCUT2D eigenvalue weighted by atomic mass is 32.2. The van der Waals surface area contributed by atoms with Gasteiger partial charge in [-0.15, -0.1) is 0 Å². The molecular weight excluding hydrogens is 236 g/mol. The highest BCUT2D eigenvalue weighted by Crippen LogP contribution is 2.10. The summed E-state index contributed by atoms with van der Waals surface area (Å²) in [5.74, 6) is -1.35. The van der Waals surface area contributed by atoms with Crippen LogP contribution in [0.2, 0.25) is 0 Å². The molecule has 0 aromatic heterocycles. The summed E-state index contributed by atoms with van der Waals surface area (Å²) in [6.07, 6.45) is 0.0287. The van der Waals surface area contributed by atoms with Crippen molar-refractivity contribution in [2.45, 2.75) is 25.4 Å². The Balaban J connectivity index is 2.33. The largest absolute Gasteiger partial charge is 0.479 e. The molecule has 1 heterocycles. The Morgan fingerprint density at radius 2 is 1.94 bits per heavy atom. The van der Waals surface area contributed by atoms with Crippen molar-refractivity contribution in [3.05, 3.63) is 0 Å². The number of aliphatic hydroxyl groups is 1. The van der Waals surface area contributed by atoms with Crippen molar-refractivity contribution in [3.63, 3.8) is 0 Å². The fraction of sp³-hybridized carbons (Fsp3) is 0.875. The third-order valence-corrected chi connectivity index (χ3v) is 4.01. The molecule has 1 rings (SSSR count). The molecule has 1 fully saturated rings. The summed E-state index contributed by atoms with van der Waals surface area (Å²) in [4.78, 5) is 10.3. The summed E-state index contributed by atoms with van der Waals surface area (Å²) in [7, 11) is -3.50. The Hall–Kier alpha value is -0.700. The minimum absolute atomic E-state index is 0.0771. The number of aliphatic carboxylic acids is 1. The molecule has 0 unspecified atom stereocenters. The van der Waals surface area contributed by atoms with Crippen LogP contribution in [0.1, 0.15) is 19.3 Å². The molecule has 3 N–H and O–H groups in total. The Labute approximate surface area is 94.2 Å². The van der Waals surface area contributed by atoms with Crippen LogP contribution in [0.5, 0.6) is 0 Å². The van der Waals surface area contributed by atoms with E-state index >= 15 is 0 Å². The van der Waals surface area contributed by atoms with Gasteiger partial charge in [0.1, 0.15) is 0 Å². The normalized spacial score (nSPS) is 19.8. The quantitative estimate of drug-likeness (QED) is 0.547. The van der Waals surface area contributed by atoms with E-state index in [9.17, 15) is 13.2 Å². The summed E-state index contributed by atoms with van der Waals surface area (Å²) in [6, 6.07) is 0. The van der Waals surface area contributed by atoms with Crippen LogP contribution in [0, 0.1) is 0 Å². The molecule has 7 nitrogen and oxygen atoms in total. The standard InChI is InChI=1S/C8H16N2O5S/c11-7(8(12)13)3-4-9-16(14,15)10-5-1-2-6-10/h7,9,11H,1-6H2,(H,12,13)/t7-/m0/s1. The second kappa shape index (κ2) is 5.58. The van der Waals surface area contributed by atoms with E-state index < -0.39 is 22.3 Å². The van der Waals surface area contributed by atoms with E-state index in [1.165, 1.54) is 4.31 Å². The van der Waals surface area contributed by atoms with Gasteiger partial charge in [-0.3, -0.25) is 0 Å². The molecule has 0 radical (unpaired) electrons. The van der Waals surface area contributed by atoms with Crippen LogP contribution in [0.25, 0.3) is 0 Å². The van der Waals surface area contributed by atoms with Crippen LogP contribution in [0.4, 0.5) is 0 Å². The smallest absolute Gasteiger partial charge is 0.332 e. The maximum atomic E-state index is 11.6. The van der Waals surface area contributed by atoms with Crippen LogP contribution < -0.4 is 4.72 Å². The summed E-state index contributed by atoms with van der Waals surface area (Å²) in [6.45, 7) is 0.917. The van der Waals surface area contributed by atoms with Gasteiger partial charge in [0.25, 0.3) is 10.2 Å². The summed E-state index contributed by atoms with van der Waals surface area (Å²) in [5.41, 5.74) is 0. The minimum Gasteiger partial charge on any atom is -0.479 e. The molecule has 0 bridgehead atoms. The van der Waals surface area contributed by atoms with Crippen molar-refractivity contribution >= 4 is 16.2 Å². The number of aliphatic hydroxyl groups excluding tert-OH is 1. The van der Waals surface area contributed by atoms with Gasteiger partial charge in [0.05, 0.1) is 0 Å². The first kappa shape index (κ1) is 13.4. The SMILES string of the molecule is O=C(O)[C@@H](O)CCNS(=O)(=O)N1CCCC1. The molecular formula is C8H16N2O5S. The molecule has 0 amide bonds. The molecule has 16 heavy (non-hydrogen) atoms. The Bertz CT molecular complexity index is 336. The molecule has 94 valence electrons. The zero-order chi connectivity index (χ0) is 12.2. The van der Waals surface area contributed by atoms with Crippen LogP contribution in [0.3, 0.4) is 0 Å². The number of carbonyl (C=O) groups is 1. The van der Waals surface area contributed by atoms with E-state index in [2.05, 4.69) is 4.72 Å². The monoisotopic (exact) mass is 252 g/mol. The number of nitrogens with zero attached hydrogens (tertiary/aromatic N) is 1. The van der Waals surface area contributed by atoms with E-state index in [4.69, 9.17) is 10.2 Å². The van der Waals surface area contributed by atoms with Crippen LogP contribution in [-0.2, 0) is 15.0 Å². The lowest BCUT2D eigenvalue weighted by Gasteiger charge is -2.16. The average Bonchev–Trinajstić information content (AvgIpc) is 2.70. The van der Waals surface area contributed by atoms with Crippen molar-refractivity contribution in [3.8, 4) is 0 Å². The fourth-order valence-corrected chi connectivity index (χ4v) is 2.77. The van der Waals surface area contributed by atoms with Crippen LogP contribution in [-0.4, -0.2) is 54.6 Å². The van der Waals surface area contributed by atoms with E-state index in [0.717, 1.165) is 12.8 Å². The lowest BCUT2D eigenvalue weighted by molar-refractivity contribution is -0.146. The van der Waals surface area contributed by atoms with E-state index in [-0.39, 0.29) is 13.0 Å². The van der Waals surface area contributed by atoms with Crippen molar-refractivity contribution in [2.75, 3.05) is 19.6 Å². The van der Waals surface area contributed by atoms with Gasteiger partial charge in [-0.2, -0.15) is 12.7 Å². The average molecular weight is 252 g/mol. The topological polar surface area (TPSA) is 107 Å². The highest BCUT2D eigenvalue weighted by molar-refractivity contribution is 7.87. The first-order valence-corrected chi connectivity index (χ1v) is 6.53. The Morgan fingerprint density at radius 1 is 1.38 bits per heavy atom. The molecule has 1 atom stereocenters. The molecule has 0 aliphatic carbocycles. The third kappa shape index (κ3) is 3.71. The summed E-state index contributed by atoms with van der Waals surface area (Å²) in [5, 5.41) is 17.3. The maximum absolute atomic E-state index is 11.6. The van der Waals surface area contributed by atoms with E-state index in [1.807, 2.05) is 0 Å². The Kier molecular flexibility index (Phi) is 4.66. The zero-order valence-electron chi connectivity index (χ0n) is 8.79. The zero-order valence-corrected chi connectivity index (χ0v) is 9.61. The molecule has 0 saturated carbocycles. The van der Waals surface area contributed by atoms with Crippen molar-refractivity contribution in [1.29, 1.82) is 0 Å². The van der Waals surface area contributed by atoms with Crippen molar-refractivity contribution in [2.24, 2.45) is 0 Å². The summed E-state index contributed by atoms with van der Waals surface area (Å²) >= 11 is 0. The molecule has 0 aromatic carbocycles. The second-order valence-electron chi connectivity index (χ2n) is 3.65. The first-order chi connectivity index (χ1) is 7.43. The van der Waals surface area contributed by atoms with Crippen LogP contribution >= 0.6 is 0 Å². The molecule has 1 aliphatic rings.